The van der Waals surface area contributed by atoms with Gasteiger partial charge in [0.2, 0.25) is 0 Å². The lowest BCUT2D eigenvalue weighted by atomic mass is 10.0. The van der Waals surface area contributed by atoms with Crippen molar-refractivity contribution in [2.24, 2.45) is 5.73 Å². The molecule has 0 aliphatic carbocycles. The number of ketones is 1. The number of hydrogen-bond acceptors (Lipinski definition) is 2. The number of benzene rings is 1. The van der Waals surface area contributed by atoms with E-state index in [4.69, 9.17) is 5.73 Å². The molecule has 2 N–H and O–H groups in total. The fourth-order valence-corrected chi connectivity index (χ4v) is 1.09. The van der Waals surface area contributed by atoms with E-state index in [1.165, 1.54) is 6.08 Å². The van der Waals surface area contributed by atoms with Gasteiger partial charge in [-0.05, 0) is 18.6 Å². The SMILES string of the molecule is C/C=C/C(=O)[C@H](N)c1ccccc1.Cl. The predicted octanol–water partition coefficient (Wildman–Crippen LogP) is 2.25. The molecule has 14 heavy (non-hydrogen) atoms. The summed E-state index contributed by atoms with van der Waals surface area (Å²) in [6.45, 7) is 1.80. The van der Waals surface area contributed by atoms with Gasteiger partial charge in [-0.25, -0.2) is 0 Å². The lowest BCUT2D eigenvalue weighted by molar-refractivity contribution is -0.115. The number of halogens is 1. The average Bonchev–Trinajstić information content (AvgIpc) is 2.18. The highest BCUT2D eigenvalue weighted by Gasteiger charge is 2.11. The van der Waals surface area contributed by atoms with Crippen molar-refractivity contribution in [3.8, 4) is 0 Å². The van der Waals surface area contributed by atoms with Crippen LogP contribution in [0.2, 0.25) is 0 Å². The van der Waals surface area contributed by atoms with Crippen LogP contribution in [0.25, 0.3) is 0 Å². The molecule has 0 spiro atoms. The minimum Gasteiger partial charge on any atom is -0.318 e. The quantitative estimate of drug-likeness (QED) is 0.780. The van der Waals surface area contributed by atoms with Crippen molar-refractivity contribution < 1.29 is 4.79 Å². The van der Waals surface area contributed by atoms with E-state index in [0.29, 0.717) is 0 Å². The highest BCUT2D eigenvalue weighted by atomic mass is 35.5. The highest BCUT2D eigenvalue weighted by Crippen LogP contribution is 2.10. The fourth-order valence-electron chi connectivity index (χ4n) is 1.09. The Balaban J connectivity index is 0.00000169. The Kier molecular flexibility index (Phi) is 5.84. The van der Waals surface area contributed by atoms with Crippen LogP contribution in [0.1, 0.15) is 18.5 Å². The van der Waals surface area contributed by atoms with E-state index in [0.717, 1.165) is 5.56 Å². The van der Waals surface area contributed by atoms with Crippen LogP contribution in [0.15, 0.2) is 42.5 Å². The third kappa shape index (κ3) is 3.32. The molecule has 0 amide bonds. The Morgan fingerprint density at radius 3 is 2.43 bits per heavy atom. The van der Waals surface area contributed by atoms with Crippen molar-refractivity contribution in [3.63, 3.8) is 0 Å². The first-order chi connectivity index (χ1) is 6.25. The van der Waals surface area contributed by atoms with Gasteiger partial charge in [-0.15, -0.1) is 12.4 Å². The van der Waals surface area contributed by atoms with Crippen LogP contribution in [0.5, 0.6) is 0 Å². The summed E-state index contributed by atoms with van der Waals surface area (Å²) in [7, 11) is 0. The zero-order valence-corrected chi connectivity index (χ0v) is 8.83. The molecule has 0 radical (unpaired) electrons. The van der Waals surface area contributed by atoms with Gasteiger partial charge in [0.25, 0.3) is 0 Å². The lowest BCUT2D eigenvalue weighted by Crippen LogP contribution is -2.19. The lowest BCUT2D eigenvalue weighted by Gasteiger charge is -2.07. The van der Waals surface area contributed by atoms with E-state index in [-0.39, 0.29) is 18.2 Å². The molecule has 0 unspecified atom stereocenters. The van der Waals surface area contributed by atoms with Crippen LogP contribution in [0.4, 0.5) is 0 Å². The molecule has 0 fully saturated rings. The number of nitrogens with two attached hydrogens (primary N) is 1. The predicted molar refractivity (Wildman–Crippen MR) is 60.4 cm³/mol. The van der Waals surface area contributed by atoms with Crippen molar-refractivity contribution >= 4 is 18.2 Å². The Hall–Kier alpha value is -1.12. The highest BCUT2D eigenvalue weighted by molar-refractivity contribution is 5.94. The van der Waals surface area contributed by atoms with Crippen LogP contribution in [-0.2, 0) is 4.79 Å². The van der Waals surface area contributed by atoms with Gasteiger partial charge in [0.15, 0.2) is 5.78 Å². The maximum atomic E-state index is 11.3. The minimum atomic E-state index is -0.530. The van der Waals surface area contributed by atoms with E-state index >= 15 is 0 Å². The largest absolute Gasteiger partial charge is 0.318 e. The molecule has 76 valence electrons. The Morgan fingerprint density at radius 2 is 1.93 bits per heavy atom. The summed E-state index contributed by atoms with van der Waals surface area (Å²) in [5, 5.41) is 0. The van der Waals surface area contributed by atoms with E-state index in [1.807, 2.05) is 30.3 Å². The van der Waals surface area contributed by atoms with E-state index in [2.05, 4.69) is 0 Å². The van der Waals surface area contributed by atoms with Crippen molar-refractivity contribution in [1.82, 2.24) is 0 Å². The smallest absolute Gasteiger partial charge is 0.176 e. The topological polar surface area (TPSA) is 43.1 Å². The van der Waals surface area contributed by atoms with Crippen molar-refractivity contribution in [3.05, 3.63) is 48.0 Å². The monoisotopic (exact) mass is 211 g/mol. The first kappa shape index (κ1) is 12.9. The molecule has 0 heterocycles. The second-order valence-electron chi connectivity index (χ2n) is 2.79. The van der Waals surface area contributed by atoms with E-state index < -0.39 is 6.04 Å². The Bertz CT molecular complexity index is 308. The first-order valence-corrected chi connectivity index (χ1v) is 4.22. The van der Waals surface area contributed by atoms with Gasteiger partial charge in [0.05, 0.1) is 6.04 Å². The van der Waals surface area contributed by atoms with Gasteiger partial charge in [-0.1, -0.05) is 36.4 Å². The molecule has 3 heteroatoms. The Labute approximate surface area is 90.2 Å². The molecule has 1 aromatic rings. The van der Waals surface area contributed by atoms with Gasteiger partial charge in [-0.2, -0.15) is 0 Å². The molecule has 2 nitrogen and oxygen atoms in total. The summed E-state index contributed by atoms with van der Waals surface area (Å²) in [6, 6.07) is 8.82. The number of carbonyl (C=O) groups is 1. The second-order valence-corrected chi connectivity index (χ2v) is 2.79. The fraction of sp³-hybridized carbons (Fsp3) is 0.182. The van der Waals surface area contributed by atoms with E-state index in [9.17, 15) is 4.79 Å². The van der Waals surface area contributed by atoms with Crippen LogP contribution >= 0.6 is 12.4 Å². The third-order valence-corrected chi connectivity index (χ3v) is 1.80. The molecule has 1 aromatic carbocycles. The van der Waals surface area contributed by atoms with Gasteiger partial charge in [-0.3, -0.25) is 4.79 Å². The summed E-state index contributed by atoms with van der Waals surface area (Å²) in [6.07, 6.45) is 3.20. The molecule has 1 rings (SSSR count). The standard InChI is InChI=1S/C11H13NO.ClH/c1-2-6-10(13)11(12)9-7-4-3-5-8-9;/h2-8,11H,12H2,1H3;1H/b6-2+;/t11-;/m1./s1. The van der Waals surface area contributed by atoms with Gasteiger partial charge >= 0.3 is 0 Å². The van der Waals surface area contributed by atoms with Gasteiger partial charge < -0.3 is 5.73 Å². The second kappa shape index (κ2) is 6.35. The molecule has 1 atom stereocenters. The van der Waals surface area contributed by atoms with Crippen LogP contribution in [-0.4, -0.2) is 5.78 Å². The van der Waals surface area contributed by atoms with Crippen molar-refractivity contribution in [2.45, 2.75) is 13.0 Å². The summed E-state index contributed by atoms with van der Waals surface area (Å²) in [5.74, 6) is -0.0614. The normalized spacial score (nSPS) is 12.1. The van der Waals surface area contributed by atoms with Crippen LogP contribution < -0.4 is 5.73 Å². The van der Waals surface area contributed by atoms with Gasteiger partial charge in [0.1, 0.15) is 0 Å². The van der Waals surface area contributed by atoms with Crippen molar-refractivity contribution in [1.29, 1.82) is 0 Å². The Morgan fingerprint density at radius 1 is 1.36 bits per heavy atom. The van der Waals surface area contributed by atoms with Crippen LogP contribution in [0, 0.1) is 0 Å². The number of rotatable bonds is 3. The zero-order chi connectivity index (χ0) is 9.68. The molecule has 0 aromatic heterocycles. The first-order valence-electron chi connectivity index (χ1n) is 4.22. The van der Waals surface area contributed by atoms with Crippen molar-refractivity contribution in [2.75, 3.05) is 0 Å². The number of hydrogen-bond donors (Lipinski definition) is 1. The summed E-state index contributed by atoms with van der Waals surface area (Å²) >= 11 is 0. The number of carbonyl (C=O) groups excluding carboxylic acids is 1. The maximum absolute atomic E-state index is 11.3. The van der Waals surface area contributed by atoms with E-state index in [1.54, 1.807) is 13.0 Å². The van der Waals surface area contributed by atoms with Crippen LogP contribution in [0.3, 0.4) is 0 Å². The van der Waals surface area contributed by atoms with Gasteiger partial charge in [0, 0.05) is 0 Å². The minimum absolute atomic E-state index is 0. The maximum Gasteiger partial charge on any atom is 0.176 e. The summed E-state index contributed by atoms with van der Waals surface area (Å²) < 4.78 is 0. The molecule has 0 saturated heterocycles. The zero-order valence-electron chi connectivity index (χ0n) is 8.01. The third-order valence-electron chi connectivity index (χ3n) is 1.80. The molecule has 0 aliphatic heterocycles. The summed E-state index contributed by atoms with van der Waals surface area (Å²) in [4.78, 5) is 11.3. The molecule has 0 bridgehead atoms. The average molecular weight is 212 g/mol. The number of allylic oxidation sites excluding steroid dienone is 1. The molecular weight excluding hydrogens is 198 g/mol. The molecular formula is C11H14ClNO. The summed E-state index contributed by atoms with van der Waals surface area (Å²) in [5.41, 5.74) is 6.58. The molecule has 0 saturated carbocycles. The molecule has 0 aliphatic rings.